The van der Waals surface area contributed by atoms with E-state index in [4.69, 9.17) is 4.74 Å². The number of hydrogen-bond donors (Lipinski definition) is 0. The topological polar surface area (TPSA) is 34.5 Å². The summed E-state index contributed by atoms with van der Waals surface area (Å²) in [6, 6.07) is 13.8. The summed E-state index contributed by atoms with van der Waals surface area (Å²) in [6.45, 7) is 1.01. The number of carbonyl (C=O) groups is 1. The maximum atomic E-state index is 12.4. The van der Waals surface area contributed by atoms with Gasteiger partial charge in [0.15, 0.2) is 0 Å². The highest BCUT2D eigenvalue weighted by Crippen LogP contribution is 2.50. The lowest BCUT2D eigenvalue weighted by atomic mass is 9.71. The Morgan fingerprint density at radius 3 is 2.65 bits per heavy atom. The molecule has 134 valence electrons. The molecule has 6 rings (SSSR count). The van der Waals surface area contributed by atoms with Crippen molar-refractivity contribution in [2.75, 3.05) is 13.7 Å². The molecule has 4 saturated heterocycles. The van der Waals surface area contributed by atoms with Crippen molar-refractivity contribution in [1.29, 1.82) is 0 Å². The normalized spacial score (nSPS) is 33.6. The van der Waals surface area contributed by atoms with E-state index >= 15 is 0 Å². The molecule has 1 unspecified atom stereocenters. The van der Waals surface area contributed by atoms with E-state index in [1.165, 1.54) is 24.7 Å². The molecule has 4 nitrogen and oxygen atoms in total. The summed E-state index contributed by atoms with van der Waals surface area (Å²) in [4.78, 5) is 15.0. The molecule has 4 heteroatoms. The molecule has 0 saturated carbocycles. The van der Waals surface area contributed by atoms with Crippen LogP contribution in [0.25, 0.3) is 11.8 Å². The Morgan fingerprint density at radius 1 is 1.15 bits per heavy atom. The van der Waals surface area contributed by atoms with Gasteiger partial charge in [0.2, 0.25) is 0 Å². The molecule has 4 aliphatic rings. The van der Waals surface area contributed by atoms with Gasteiger partial charge in [-0.15, -0.1) is 0 Å². The summed E-state index contributed by atoms with van der Waals surface area (Å²) in [5, 5.41) is 0. The van der Waals surface area contributed by atoms with E-state index in [0.717, 1.165) is 25.1 Å². The average Bonchev–Trinajstić information content (AvgIpc) is 3.30. The van der Waals surface area contributed by atoms with Crippen molar-refractivity contribution in [2.24, 2.45) is 11.8 Å². The van der Waals surface area contributed by atoms with Crippen LogP contribution in [0.5, 0.6) is 0 Å². The molecular weight excluding hydrogens is 324 g/mol. The summed E-state index contributed by atoms with van der Waals surface area (Å²) in [5.41, 5.74) is 3.76. The fraction of sp³-hybridized carbons (Fsp3) is 0.409. The summed E-state index contributed by atoms with van der Waals surface area (Å²) in [7, 11) is 1.52. The van der Waals surface area contributed by atoms with Crippen LogP contribution in [0.3, 0.4) is 0 Å². The van der Waals surface area contributed by atoms with Crippen LogP contribution < -0.4 is 0 Å². The van der Waals surface area contributed by atoms with Crippen LogP contribution in [0.1, 0.15) is 24.8 Å². The molecule has 5 heterocycles. The highest BCUT2D eigenvalue weighted by atomic mass is 16.5. The lowest BCUT2D eigenvalue weighted by molar-refractivity contribution is -0.153. The van der Waals surface area contributed by atoms with Gasteiger partial charge in [-0.3, -0.25) is 9.69 Å². The van der Waals surface area contributed by atoms with E-state index in [2.05, 4.69) is 52.2 Å². The van der Waals surface area contributed by atoms with Crippen LogP contribution in [0.15, 0.2) is 54.4 Å². The molecule has 4 bridgehead atoms. The van der Waals surface area contributed by atoms with E-state index in [0.29, 0.717) is 18.0 Å². The zero-order valence-electron chi connectivity index (χ0n) is 15.0. The number of methoxy groups -OCH3 is 1. The minimum atomic E-state index is -0.0288. The Balaban J connectivity index is 1.44. The third-order valence-corrected chi connectivity index (χ3v) is 6.53. The van der Waals surface area contributed by atoms with Crippen LogP contribution in [0, 0.1) is 11.8 Å². The number of benzene rings is 1. The minimum absolute atomic E-state index is 0.0119. The summed E-state index contributed by atoms with van der Waals surface area (Å²) in [6.07, 6.45) is 9.87. The molecule has 2 aromatic rings. The van der Waals surface area contributed by atoms with E-state index in [9.17, 15) is 4.79 Å². The molecule has 0 aliphatic carbocycles. The van der Waals surface area contributed by atoms with Gasteiger partial charge < -0.3 is 9.30 Å². The fourth-order valence-corrected chi connectivity index (χ4v) is 5.34. The van der Waals surface area contributed by atoms with Crippen LogP contribution >= 0.6 is 0 Å². The maximum Gasteiger partial charge on any atom is 0.310 e. The standard InChI is InChI=1S/C22H24N2O2/c1-26-22(25)21-19-13-18-8-9-20(21)24(18)14-16(19)12-15-4-6-17(7-5-15)23-10-2-3-11-23/h2-7,10-12,18-21H,8-9,13-14H2,1H3/b16-12+/t18-,19+,20+,21-/m0/s1. The van der Waals surface area contributed by atoms with Crippen LogP contribution in [-0.2, 0) is 9.53 Å². The Bertz CT molecular complexity index is 838. The number of esters is 1. The first-order chi connectivity index (χ1) is 12.7. The van der Waals surface area contributed by atoms with Gasteiger partial charge in [-0.1, -0.05) is 23.8 Å². The van der Waals surface area contributed by atoms with Gasteiger partial charge in [-0.05, 0) is 55.0 Å². The van der Waals surface area contributed by atoms with Gasteiger partial charge in [0.05, 0.1) is 13.0 Å². The second-order valence-corrected chi connectivity index (χ2v) is 7.76. The maximum absolute atomic E-state index is 12.4. The molecule has 4 fully saturated rings. The van der Waals surface area contributed by atoms with Crippen LogP contribution in [-0.4, -0.2) is 41.2 Å². The number of nitrogens with zero attached hydrogens (tertiary/aromatic N) is 2. The monoisotopic (exact) mass is 348 g/mol. The number of piperidine rings is 3. The largest absolute Gasteiger partial charge is 0.469 e. The predicted octanol–water partition coefficient (Wildman–Crippen LogP) is 3.52. The third kappa shape index (κ3) is 2.43. The third-order valence-electron chi connectivity index (χ3n) is 6.53. The van der Waals surface area contributed by atoms with Crippen molar-refractivity contribution < 1.29 is 9.53 Å². The van der Waals surface area contributed by atoms with Crippen molar-refractivity contribution in [3.8, 4) is 5.69 Å². The number of hydrogen-bond acceptors (Lipinski definition) is 3. The van der Waals surface area contributed by atoms with E-state index in [1.807, 2.05) is 12.1 Å². The Kier molecular flexibility index (Phi) is 3.75. The van der Waals surface area contributed by atoms with Crippen molar-refractivity contribution in [2.45, 2.75) is 31.3 Å². The van der Waals surface area contributed by atoms with Crippen molar-refractivity contribution in [3.63, 3.8) is 0 Å². The molecule has 0 N–H and O–H groups in total. The fourth-order valence-electron chi connectivity index (χ4n) is 5.34. The van der Waals surface area contributed by atoms with Crippen LogP contribution in [0.4, 0.5) is 0 Å². The smallest absolute Gasteiger partial charge is 0.310 e. The number of aromatic nitrogens is 1. The number of ether oxygens (including phenoxy) is 1. The highest BCUT2D eigenvalue weighted by Gasteiger charge is 2.55. The van der Waals surface area contributed by atoms with Crippen molar-refractivity contribution in [1.82, 2.24) is 9.47 Å². The quantitative estimate of drug-likeness (QED) is 0.796. The molecule has 4 aliphatic heterocycles. The molecule has 1 aromatic heterocycles. The summed E-state index contributed by atoms with van der Waals surface area (Å²) < 4.78 is 7.26. The van der Waals surface area contributed by atoms with E-state index in [-0.39, 0.29) is 11.9 Å². The molecule has 1 aromatic carbocycles. The van der Waals surface area contributed by atoms with Crippen molar-refractivity contribution >= 4 is 12.0 Å². The van der Waals surface area contributed by atoms with Crippen LogP contribution in [0.2, 0.25) is 0 Å². The molecule has 0 amide bonds. The SMILES string of the molecule is COC(=O)[C@H]1[C@@H]2C[C@@H]3CC[C@H]1N3C/C2=C\c1ccc(-n2cccc2)cc1. The molecule has 5 atom stereocenters. The van der Waals surface area contributed by atoms with Gasteiger partial charge in [0.25, 0.3) is 0 Å². The lowest BCUT2D eigenvalue weighted by Crippen LogP contribution is -2.58. The average molecular weight is 348 g/mol. The van der Waals surface area contributed by atoms with Crippen molar-refractivity contribution in [3.05, 3.63) is 59.9 Å². The zero-order valence-corrected chi connectivity index (χ0v) is 15.0. The summed E-state index contributed by atoms with van der Waals surface area (Å²) >= 11 is 0. The first-order valence-electron chi connectivity index (χ1n) is 9.52. The molecule has 0 radical (unpaired) electrons. The lowest BCUT2D eigenvalue weighted by Gasteiger charge is -2.50. The number of rotatable bonds is 3. The first-order valence-corrected chi connectivity index (χ1v) is 9.52. The zero-order chi connectivity index (χ0) is 17.7. The van der Waals surface area contributed by atoms with E-state index in [1.54, 1.807) is 0 Å². The predicted molar refractivity (Wildman–Crippen MR) is 101 cm³/mol. The Hall–Kier alpha value is -2.33. The second kappa shape index (κ2) is 6.13. The Morgan fingerprint density at radius 2 is 1.92 bits per heavy atom. The summed E-state index contributed by atoms with van der Waals surface area (Å²) in [5.74, 6) is 0.325. The first kappa shape index (κ1) is 15.9. The van der Waals surface area contributed by atoms with E-state index < -0.39 is 0 Å². The molecule has 0 spiro atoms. The number of carbonyl (C=O) groups excluding carboxylic acids is 1. The van der Waals surface area contributed by atoms with Gasteiger partial charge in [0, 0.05) is 36.7 Å². The highest BCUT2D eigenvalue weighted by molar-refractivity contribution is 5.76. The van der Waals surface area contributed by atoms with Gasteiger partial charge >= 0.3 is 5.97 Å². The molecule has 26 heavy (non-hydrogen) atoms. The Labute approximate surface area is 154 Å². The second-order valence-electron chi connectivity index (χ2n) is 7.76. The minimum Gasteiger partial charge on any atom is -0.469 e. The molecular formula is C22H24N2O2. The number of fused-ring (bicyclic) bond motifs is 1. The van der Waals surface area contributed by atoms with Gasteiger partial charge in [-0.2, -0.15) is 0 Å². The van der Waals surface area contributed by atoms with Gasteiger partial charge in [0.1, 0.15) is 0 Å². The van der Waals surface area contributed by atoms with Gasteiger partial charge in [-0.25, -0.2) is 0 Å².